The minimum Gasteiger partial charge on any atom is -0.294 e. The van der Waals surface area contributed by atoms with Crippen LogP contribution in [0.4, 0.5) is 4.39 Å². The van der Waals surface area contributed by atoms with Gasteiger partial charge in [-0.05, 0) is 29.3 Å². The molecule has 0 radical (unpaired) electrons. The maximum absolute atomic E-state index is 13.0. The van der Waals surface area contributed by atoms with Crippen molar-refractivity contribution in [3.05, 3.63) is 88.7 Å². The third kappa shape index (κ3) is 2.74. The molecule has 0 aliphatic rings. The van der Waals surface area contributed by atoms with Crippen molar-refractivity contribution in [3.63, 3.8) is 0 Å². The lowest BCUT2D eigenvalue weighted by molar-refractivity contribution is 0.626. The molecule has 24 heavy (non-hydrogen) atoms. The van der Waals surface area contributed by atoms with Crippen LogP contribution in [0.15, 0.2) is 71.8 Å². The lowest BCUT2D eigenvalue weighted by Crippen LogP contribution is -2.20. The summed E-state index contributed by atoms with van der Waals surface area (Å²) in [4.78, 5) is 18.9. The number of rotatable bonds is 3. The van der Waals surface area contributed by atoms with Gasteiger partial charge in [0.05, 0.1) is 18.3 Å². The molecular formula is C19H13FN2OS. The maximum Gasteiger partial charge on any atom is 0.262 e. The zero-order valence-corrected chi connectivity index (χ0v) is 13.5. The molecular weight excluding hydrogens is 323 g/mol. The van der Waals surface area contributed by atoms with Gasteiger partial charge in [0.2, 0.25) is 0 Å². The van der Waals surface area contributed by atoms with Gasteiger partial charge in [-0.3, -0.25) is 9.36 Å². The van der Waals surface area contributed by atoms with E-state index < -0.39 is 0 Å². The summed E-state index contributed by atoms with van der Waals surface area (Å²) in [5, 5.41) is 0.614. The molecule has 0 fully saturated rings. The molecule has 118 valence electrons. The van der Waals surface area contributed by atoms with E-state index in [1.54, 1.807) is 23.0 Å². The van der Waals surface area contributed by atoms with Gasteiger partial charge in [0, 0.05) is 4.88 Å². The Morgan fingerprint density at radius 2 is 1.79 bits per heavy atom. The van der Waals surface area contributed by atoms with E-state index in [4.69, 9.17) is 0 Å². The van der Waals surface area contributed by atoms with Crippen LogP contribution in [0.3, 0.4) is 0 Å². The second-order valence-corrected chi connectivity index (χ2v) is 6.53. The molecule has 0 unspecified atom stereocenters. The van der Waals surface area contributed by atoms with E-state index >= 15 is 0 Å². The molecule has 0 amide bonds. The summed E-state index contributed by atoms with van der Waals surface area (Å²) in [5.41, 5.74) is 1.85. The third-order valence-electron chi connectivity index (χ3n) is 3.84. The lowest BCUT2D eigenvalue weighted by Gasteiger charge is -2.05. The summed E-state index contributed by atoms with van der Waals surface area (Å²) in [6.07, 6.45) is 1.55. The SMILES string of the molecule is O=c1c2cc(-c3ccccc3)sc2ncn1Cc1ccc(F)cc1. The average Bonchev–Trinajstić information content (AvgIpc) is 3.05. The predicted molar refractivity (Wildman–Crippen MR) is 94.8 cm³/mol. The van der Waals surface area contributed by atoms with Crippen molar-refractivity contribution in [1.82, 2.24) is 9.55 Å². The van der Waals surface area contributed by atoms with E-state index in [9.17, 15) is 9.18 Å². The summed E-state index contributed by atoms with van der Waals surface area (Å²) in [7, 11) is 0. The zero-order valence-electron chi connectivity index (χ0n) is 12.6. The molecule has 5 heteroatoms. The molecule has 0 bridgehead atoms. The Bertz CT molecular complexity index is 1050. The van der Waals surface area contributed by atoms with E-state index in [1.165, 1.54) is 23.5 Å². The van der Waals surface area contributed by atoms with Gasteiger partial charge in [-0.15, -0.1) is 11.3 Å². The van der Waals surface area contributed by atoms with Gasteiger partial charge in [0.25, 0.3) is 5.56 Å². The molecule has 4 rings (SSSR count). The summed E-state index contributed by atoms with van der Waals surface area (Å²) in [6.45, 7) is 0.374. The largest absolute Gasteiger partial charge is 0.294 e. The average molecular weight is 336 g/mol. The van der Waals surface area contributed by atoms with Gasteiger partial charge in [-0.25, -0.2) is 9.37 Å². The highest BCUT2D eigenvalue weighted by Crippen LogP contribution is 2.30. The zero-order chi connectivity index (χ0) is 16.5. The fourth-order valence-electron chi connectivity index (χ4n) is 2.60. The highest BCUT2D eigenvalue weighted by atomic mass is 32.1. The molecule has 0 saturated heterocycles. The highest BCUT2D eigenvalue weighted by Gasteiger charge is 2.10. The number of nitrogens with zero attached hydrogens (tertiary/aromatic N) is 2. The quantitative estimate of drug-likeness (QED) is 0.559. The summed E-state index contributed by atoms with van der Waals surface area (Å²) in [6, 6.07) is 18.0. The van der Waals surface area contributed by atoms with Crippen LogP contribution in [-0.2, 0) is 6.54 Å². The van der Waals surface area contributed by atoms with Crippen LogP contribution in [0.25, 0.3) is 20.7 Å². The molecule has 0 aliphatic carbocycles. The summed E-state index contributed by atoms with van der Waals surface area (Å²) < 4.78 is 14.6. The molecule has 0 spiro atoms. The van der Waals surface area contributed by atoms with Gasteiger partial charge in [0.15, 0.2) is 0 Å². The molecule has 2 aromatic heterocycles. The summed E-state index contributed by atoms with van der Waals surface area (Å²) >= 11 is 1.51. The van der Waals surface area contributed by atoms with Crippen LogP contribution < -0.4 is 5.56 Å². The molecule has 0 atom stereocenters. The first-order valence-electron chi connectivity index (χ1n) is 7.49. The number of fused-ring (bicyclic) bond motifs is 1. The highest BCUT2D eigenvalue weighted by molar-refractivity contribution is 7.21. The van der Waals surface area contributed by atoms with Crippen LogP contribution in [0.5, 0.6) is 0 Å². The van der Waals surface area contributed by atoms with E-state index in [-0.39, 0.29) is 11.4 Å². The standard InChI is InChI=1S/C19H13FN2OS/c20-15-8-6-13(7-9-15)11-22-12-21-18-16(19(22)23)10-17(24-18)14-4-2-1-3-5-14/h1-10,12H,11H2. The topological polar surface area (TPSA) is 34.9 Å². The minimum absolute atomic E-state index is 0.0808. The smallest absolute Gasteiger partial charge is 0.262 e. The van der Waals surface area contributed by atoms with Crippen molar-refractivity contribution < 1.29 is 4.39 Å². The van der Waals surface area contributed by atoms with Crippen molar-refractivity contribution >= 4 is 21.6 Å². The first kappa shape index (κ1) is 14.8. The first-order chi connectivity index (χ1) is 11.7. The second kappa shape index (κ2) is 6.02. The Kier molecular flexibility index (Phi) is 3.70. The number of hydrogen-bond acceptors (Lipinski definition) is 3. The van der Waals surface area contributed by atoms with Gasteiger partial charge < -0.3 is 0 Å². The Morgan fingerprint density at radius 3 is 2.54 bits per heavy atom. The molecule has 4 aromatic rings. The van der Waals surface area contributed by atoms with Crippen LogP contribution in [0.1, 0.15) is 5.56 Å². The van der Waals surface area contributed by atoms with Crippen molar-refractivity contribution in [1.29, 1.82) is 0 Å². The number of benzene rings is 2. The minimum atomic E-state index is -0.287. The fraction of sp³-hybridized carbons (Fsp3) is 0.0526. The third-order valence-corrected chi connectivity index (χ3v) is 4.93. The number of halogens is 1. The fourth-order valence-corrected chi connectivity index (χ4v) is 3.60. The van der Waals surface area contributed by atoms with Crippen LogP contribution in [0.2, 0.25) is 0 Å². The van der Waals surface area contributed by atoms with Crippen molar-refractivity contribution in [3.8, 4) is 10.4 Å². The van der Waals surface area contributed by atoms with Crippen molar-refractivity contribution in [2.45, 2.75) is 6.54 Å². The molecule has 0 saturated carbocycles. The van der Waals surface area contributed by atoms with Gasteiger partial charge in [-0.2, -0.15) is 0 Å². The molecule has 2 aromatic carbocycles. The van der Waals surface area contributed by atoms with Gasteiger partial charge in [0.1, 0.15) is 10.6 Å². The first-order valence-corrected chi connectivity index (χ1v) is 8.31. The Hall–Kier alpha value is -2.79. The predicted octanol–water partition coefficient (Wildman–Crippen LogP) is 4.31. The van der Waals surface area contributed by atoms with Crippen LogP contribution in [0, 0.1) is 5.82 Å². The number of aromatic nitrogens is 2. The molecule has 0 aliphatic heterocycles. The van der Waals surface area contributed by atoms with E-state index in [0.29, 0.717) is 11.9 Å². The van der Waals surface area contributed by atoms with Gasteiger partial charge in [-0.1, -0.05) is 42.5 Å². The Morgan fingerprint density at radius 1 is 1.04 bits per heavy atom. The van der Waals surface area contributed by atoms with E-state index in [1.807, 2.05) is 36.4 Å². The number of thiophene rings is 1. The second-order valence-electron chi connectivity index (χ2n) is 5.50. The molecule has 0 N–H and O–H groups in total. The lowest BCUT2D eigenvalue weighted by atomic mass is 10.2. The van der Waals surface area contributed by atoms with E-state index in [0.717, 1.165) is 20.8 Å². The van der Waals surface area contributed by atoms with Gasteiger partial charge >= 0.3 is 0 Å². The van der Waals surface area contributed by atoms with Crippen LogP contribution >= 0.6 is 11.3 Å². The summed E-state index contributed by atoms with van der Waals surface area (Å²) in [5.74, 6) is -0.287. The monoisotopic (exact) mass is 336 g/mol. The van der Waals surface area contributed by atoms with Crippen molar-refractivity contribution in [2.75, 3.05) is 0 Å². The van der Waals surface area contributed by atoms with E-state index in [2.05, 4.69) is 4.98 Å². The Balaban J connectivity index is 1.75. The van der Waals surface area contributed by atoms with Crippen LogP contribution in [-0.4, -0.2) is 9.55 Å². The van der Waals surface area contributed by atoms with Crippen molar-refractivity contribution in [2.24, 2.45) is 0 Å². The molecule has 3 nitrogen and oxygen atoms in total. The molecule has 2 heterocycles. The Labute approximate surface area is 141 Å². The number of hydrogen-bond donors (Lipinski definition) is 0. The maximum atomic E-state index is 13.0. The normalized spacial score (nSPS) is 11.0.